The second-order valence-electron chi connectivity index (χ2n) is 7.41. The molecule has 0 aliphatic heterocycles. The van der Waals surface area contributed by atoms with Crippen molar-refractivity contribution in [3.8, 4) is 0 Å². The molecule has 2 aromatic rings. The number of carbonyl (C=O) groups excluding carboxylic acids is 1. The van der Waals surface area contributed by atoms with E-state index in [1.807, 2.05) is 25.4 Å². The van der Waals surface area contributed by atoms with Gasteiger partial charge in [-0.2, -0.15) is 0 Å². The van der Waals surface area contributed by atoms with E-state index in [0.29, 0.717) is 25.8 Å². The van der Waals surface area contributed by atoms with E-state index in [9.17, 15) is 13.2 Å². The standard InChI is InChI=1S/C18H27N3O3S2/c1-12-10-14(13(2)17-16(12)19-11-25-17)21-15(22)8-6-7-9-20-26(23,24)18(3,4)5/h10-11,20H,6-9H2,1-5H3,(H,21,22). The number of unbranched alkanes of at least 4 members (excludes halogenated alkanes) is 1. The minimum atomic E-state index is -3.33. The highest BCUT2D eigenvalue weighted by Gasteiger charge is 2.27. The van der Waals surface area contributed by atoms with Crippen LogP contribution in [0.5, 0.6) is 0 Å². The Labute approximate surface area is 159 Å². The molecule has 26 heavy (non-hydrogen) atoms. The number of fused-ring (bicyclic) bond motifs is 1. The number of amides is 1. The summed E-state index contributed by atoms with van der Waals surface area (Å²) in [4.78, 5) is 16.6. The van der Waals surface area contributed by atoms with Crippen molar-refractivity contribution in [2.75, 3.05) is 11.9 Å². The fraction of sp³-hybridized carbons (Fsp3) is 0.556. The third-order valence-electron chi connectivity index (χ3n) is 4.25. The third kappa shape index (κ3) is 4.81. The highest BCUT2D eigenvalue weighted by Crippen LogP contribution is 2.31. The van der Waals surface area contributed by atoms with Gasteiger partial charge in [0.05, 0.1) is 20.5 Å². The van der Waals surface area contributed by atoms with E-state index >= 15 is 0 Å². The van der Waals surface area contributed by atoms with Crippen molar-refractivity contribution in [1.82, 2.24) is 9.71 Å². The molecule has 1 amide bonds. The van der Waals surface area contributed by atoms with Crippen molar-refractivity contribution in [3.63, 3.8) is 0 Å². The largest absolute Gasteiger partial charge is 0.326 e. The lowest BCUT2D eigenvalue weighted by Crippen LogP contribution is -2.39. The maximum absolute atomic E-state index is 12.2. The van der Waals surface area contributed by atoms with Crippen LogP contribution < -0.4 is 10.0 Å². The van der Waals surface area contributed by atoms with Crippen molar-refractivity contribution in [2.24, 2.45) is 0 Å². The van der Waals surface area contributed by atoms with Crippen LogP contribution in [0.15, 0.2) is 11.6 Å². The van der Waals surface area contributed by atoms with Crippen LogP contribution in [0.1, 0.15) is 51.2 Å². The molecule has 2 rings (SSSR count). The first kappa shape index (κ1) is 20.8. The van der Waals surface area contributed by atoms with E-state index in [0.717, 1.165) is 27.0 Å². The molecule has 0 spiro atoms. The number of aryl methyl sites for hydroxylation is 2. The van der Waals surface area contributed by atoms with Gasteiger partial charge in [-0.15, -0.1) is 11.3 Å². The van der Waals surface area contributed by atoms with Crippen molar-refractivity contribution >= 4 is 43.2 Å². The number of nitrogens with one attached hydrogen (secondary N) is 2. The Morgan fingerprint density at radius 3 is 2.58 bits per heavy atom. The van der Waals surface area contributed by atoms with Crippen LogP contribution in [0.4, 0.5) is 5.69 Å². The summed E-state index contributed by atoms with van der Waals surface area (Å²) in [7, 11) is -3.33. The summed E-state index contributed by atoms with van der Waals surface area (Å²) in [6, 6.07) is 1.95. The van der Waals surface area contributed by atoms with Crippen LogP contribution in [-0.2, 0) is 14.8 Å². The third-order valence-corrected chi connectivity index (χ3v) is 7.39. The Kier molecular flexibility index (Phi) is 6.42. The number of benzene rings is 1. The second kappa shape index (κ2) is 8.02. The molecule has 0 fully saturated rings. The first-order valence-corrected chi connectivity index (χ1v) is 11.0. The molecule has 0 bridgehead atoms. The number of thiazole rings is 1. The zero-order valence-corrected chi connectivity index (χ0v) is 17.6. The maximum atomic E-state index is 12.2. The summed E-state index contributed by atoms with van der Waals surface area (Å²) in [5.41, 5.74) is 5.68. The highest BCUT2D eigenvalue weighted by atomic mass is 32.2. The van der Waals surface area contributed by atoms with E-state index in [4.69, 9.17) is 0 Å². The van der Waals surface area contributed by atoms with Crippen molar-refractivity contribution < 1.29 is 13.2 Å². The fourth-order valence-electron chi connectivity index (χ4n) is 2.48. The van der Waals surface area contributed by atoms with Crippen LogP contribution in [0.25, 0.3) is 10.2 Å². The monoisotopic (exact) mass is 397 g/mol. The molecule has 1 aromatic carbocycles. The van der Waals surface area contributed by atoms with Crippen LogP contribution >= 0.6 is 11.3 Å². The van der Waals surface area contributed by atoms with Crippen LogP contribution in [0.3, 0.4) is 0 Å². The number of hydrogen-bond acceptors (Lipinski definition) is 5. The minimum absolute atomic E-state index is 0.0601. The van der Waals surface area contributed by atoms with Gasteiger partial charge in [-0.25, -0.2) is 18.1 Å². The van der Waals surface area contributed by atoms with Crippen molar-refractivity contribution in [3.05, 3.63) is 22.7 Å². The Balaban J connectivity index is 1.84. The summed E-state index contributed by atoms with van der Waals surface area (Å²) in [5.74, 6) is -0.0601. The summed E-state index contributed by atoms with van der Waals surface area (Å²) < 4.78 is 26.8. The number of nitrogens with zero attached hydrogens (tertiary/aromatic N) is 1. The molecule has 8 heteroatoms. The lowest BCUT2D eigenvalue weighted by Gasteiger charge is -2.19. The number of aromatic nitrogens is 1. The Bertz CT molecular complexity index is 896. The molecule has 0 saturated carbocycles. The quantitative estimate of drug-likeness (QED) is 0.697. The van der Waals surface area contributed by atoms with Crippen molar-refractivity contribution in [2.45, 2.75) is 58.6 Å². The zero-order valence-electron chi connectivity index (χ0n) is 16.0. The number of hydrogen-bond donors (Lipinski definition) is 2. The predicted octanol–water partition coefficient (Wildman–Crippen LogP) is 3.74. The molecule has 1 heterocycles. The van der Waals surface area contributed by atoms with E-state index in [1.54, 1.807) is 32.1 Å². The smallest absolute Gasteiger partial charge is 0.224 e. The summed E-state index contributed by atoms with van der Waals surface area (Å²) in [6.45, 7) is 9.29. The molecule has 1 aromatic heterocycles. The van der Waals surface area contributed by atoms with Gasteiger partial charge in [0.1, 0.15) is 0 Å². The van der Waals surface area contributed by atoms with Gasteiger partial charge < -0.3 is 5.32 Å². The second-order valence-corrected chi connectivity index (χ2v) is 10.8. The Hall–Kier alpha value is -1.51. The average Bonchev–Trinajstić information content (AvgIpc) is 3.01. The number of sulfonamides is 1. The topological polar surface area (TPSA) is 88.2 Å². The molecule has 144 valence electrons. The lowest BCUT2D eigenvalue weighted by molar-refractivity contribution is -0.116. The first-order chi connectivity index (χ1) is 12.0. The predicted molar refractivity (Wildman–Crippen MR) is 108 cm³/mol. The van der Waals surface area contributed by atoms with Gasteiger partial charge in [0.25, 0.3) is 0 Å². The number of anilines is 1. The number of carbonyl (C=O) groups is 1. The van der Waals surface area contributed by atoms with E-state index < -0.39 is 14.8 Å². The Morgan fingerprint density at radius 1 is 1.23 bits per heavy atom. The van der Waals surface area contributed by atoms with Gasteiger partial charge >= 0.3 is 0 Å². The van der Waals surface area contributed by atoms with E-state index in [2.05, 4.69) is 15.0 Å². The van der Waals surface area contributed by atoms with Gasteiger partial charge in [-0.3, -0.25) is 4.79 Å². The first-order valence-electron chi connectivity index (χ1n) is 8.65. The molecule has 0 aliphatic rings. The molecule has 0 radical (unpaired) electrons. The summed E-state index contributed by atoms with van der Waals surface area (Å²) in [6.07, 6.45) is 1.60. The molecule has 0 aliphatic carbocycles. The maximum Gasteiger partial charge on any atom is 0.224 e. The fourth-order valence-corrected chi connectivity index (χ4v) is 4.21. The van der Waals surface area contributed by atoms with Crippen LogP contribution in [-0.4, -0.2) is 30.6 Å². The highest BCUT2D eigenvalue weighted by molar-refractivity contribution is 7.90. The normalized spacial score (nSPS) is 12.5. The van der Waals surface area contributed by atoms with Gasteiger partial charge in [-0.05, 0) is 64.7 Å². The molecule has 0 unspecified atom stereocenters. The minimum Gasteiger partial charge on any atom is -0.326 e. The van der Waals surface area contributed by atoms with Gasteiger partial charge in [-0.1, -0.05) is 0 Å². The van der Waals surface area contributed by atoms with Crippen LogP contribution in [0, 0.1) is 13.8 Å². The summed E-state index contributed by atoms with van der Waals surface area (Å²) in [5, 5.41) is 2.97. The number of rotatable bonds is 7. The molecule has 2 N–H and O–H groups in total. The molecular formula is C18H27N3O3S2. The molecular weight excluding hydrogens is 370 g/mol. The van der Waals surface area contributed by atoms with E-state index in [-0.39, 0.29) is 5.91 Å². The van der Waals surface area contributed by atoms with Gasteiger partial charge in [0.15, 0.2) is 0 Å². The molecule has 0 atom stereocenters. The Morgan fingerprint density at radius 2 is 1.92 bits per heavy atom. The van der Waals surface area contributed by atoms with Crippen molar-refractivity contribution in [1.29, 1.82) is 0 Å². The summed E-state index contributed by atoms with van der Waals surface area (Å²) >= 11 is 1.57. The molecule has 6 nitrogen and oxygen atoms in total. The van der Waals surface area contributed by atoms with Gasteiger partial charge in [0, 0.05) is 18.7 Å². The average molecular weight is 398 g/mol. The SMILES string of the molecule is Cc1cc(NC(=O)CCCCNS(=O)(=O)C(C)(C)C)c(C)c2scnc12. The lowest BCUT2D eigenvalue weighted by atomic mass is 10.1. The molecule has 0 saturated heterocycles. The van der Waals surface area contributed by atoms with Gasteiger partial charge in [0.2, 0.25) is 15.9 Å². The van der Waals surface area contributed by atoms with E-state index in [1.165, 1.54) is 0 Å². The zero-order chi connectivity index (χ0) is 19.5. The van der Waals surface area contributed by atoms with Crippen LogP contribution in [0.2, 0.25) is 0 Å².